The normalized spacial score (nSPS) is 11.7. The average Bonchev–Trinajstić information content (AvgIpc) is 2.42. The summed E-state index contributed by atoms with van der Waals surface area (Å²) in [6, 6.07) is 3.04. The zero-order chi connectivity index (χ0) is 16.0. The van der Waals surface area contributed by atoms with Crippen LogP contribution in [0.25, 0.3) is 0 Å². The van der Waals surface area contributed by atoms with Crippen molar-refractivity contribution in [1.82, 2.24) is 5.32 Å². The Balaban J connectivity index is 2.90. The van der Waals surface area contributed by atoms with Gasteiger partial charge in [0.1, 0.15) is 6.04 Å². The predicted octanol–water partition coefficient (Wildman–Crippen LogP) is 1.84. The number of hydrogen-bond acceptors (Lipinski definition) is 5. The standard InChI is InChI=1S/C13H16N2O5S/c1-8-3-4-9(7-11(8)15(19)20)12(16)14-10(13(17)18)5-6-21-2/h3-4,7,10H,5-6H2,1-2H3,(H,14,16)(H,17,18). The van der Waals surface area contributed by atoms with Crippen LogP contribution in [0.1, 0.15) is 22.3 Å². The molecule has 21 heavy (non-hydrogen) atoms. The third-order valence-corrected chi connectivity index (χ3v) is 3.53. The molecule has 1 rings (SSSR count). The maximum Gasteiger partial charge on any atom is 0.326 e. The number of nitrogens with one attached hydrogen (secondary N) is 1. The van der Waals surface area contributed by atoms with Gasteiger partial charge in [0.25, 0.3) is 11.6 Å². The summed E-state index contributed by atoms with van der Waals surface area (Å²) >= 11 is 1.47. The molecule has 0 fully saturated rings. The van der Waals surface area contributed by atoms with Gasteiger partial charge in [0, 0.05) is 17.2 Å². The van der Waals surface area contributed by atoms with E-state index in [1.54, 1.807) is 6.92 Å². The average molecular weight is 312 g/mol. The maximum atomic E-state index is 12.0. The third kappa shape index (κ3) is 4.75. The summed E-state index contributed by atoms with van der Waals surface area (Å²) in [6.45, 7) is 1.57. The van der Waals surface area contributed by atoms with E-state index in [4.69, 9.17) is 5.11 Å². The monoisotopic (exact) mass is 312 g/mol. The van der Waals surface area contributed by atoms with Gasteiger partial charge in [0.2, 0.25) is 0 Å². The zero-order valence-electron chi connectivity index (χ0n) is 11.7. The van der Waals surface area contributed by atoms with Crippen LogP contribution in [0, 0.1) is 17.0 Å². The quantitative estimate of drug-likeness (QED) is 0.587. The Kier molecular flexibility index (Phi) is 6.16. The number of rotatable bonds is 7. The number of carbonyl (C=O) groups is 2. The van der Waals surface area contributed by atoms with Gasteiger partial charge in [-0.15, -0.1) is 0 Å². The van der Waals surface area contributed by atoms with Crippen LogP contribution in [-0.2, 0) is 4.79 Å². The van der Waals surface area contributed by atoms with Crippen molar-refractivity contribution in [2.24, 2.45) is 0 Å². The van der Waals surface area contributed by atoms with Crippen molar-refractivity contribution in [3.05, 3.63) is 39.4 Å². The first-order chi connectivity index (χ1) is 9.86. The molecule has 1 unspecified atom stereocenters. The molecule has 0 heterocycles. The predicted molar refractivity (Wildman–Crippen MR) is 79.7 cm³/mol. The van der Waals surface area contributed by atoms with Crippen molar-refractivity contribution in [3.8, 4) is 0 Å². The Labute approximate surface area is 125 Å². The largest absolute Gasteiger partial charge is 0.480 e. The molecule has 0 saturated heterocycles. The lowest BCUT2D eigenvalue weighted by molar-refractivity contribution is -0.385. The molecule has 0 spiro atoms. The second-order valence-electron chi connectivity index (χ2n) is 4.40. The number of nitro groups is 1. The van der Waals surface area contributed by atoms with Crippen LogP contribution in [-0.4, -0.2) is 40.0 Å². The molecule has 0 aromatic heterocycles. The van der Waals surface area contributed by atoms with E-state index in [0.29, 0.717) is 11.3 Å². The molecule has 0 aliphatic carbocycles. The summed E-state index contributed by atoms with van der Waals surface area (Å²) in [5.74, 6) is -1.17. The molecular formula is C13H16N2O5S. The first-order valence-corrected chi connectivity index (χ1v) is 7.54. The SMILES string of the molecule is CSCCC(NC(=O)c1ccc(C)c([N+](=O)[O-])c1)C(=O)O. The van der Waals surface area contributed by atoms with E-state index in [0.717, 1.165) is 6.07 Å². The van der Waals surface area contributed by atoms with E-state index in [1.807, 2.05) is 6.26 Å². The Morgan fingerprint density at radius 2 is 2.14 bits per heavy atom. The van der Waals surface area contributed by atoms with Gasteiger partial charge < -0.3 is 10.4 Å². The van der Waals surface area contributed by atoms with Gasteiger partial charge >= 0.3 is 5.97 Å². The van der Waals surface area contributed by atoms with Gasteiger partial charge in [-0.1, -0.05) is 6.07 Å². The number of carboxylic acids is 1. The van der Waals surface area contributed by atoms with Crippen LogP contribution in [0.5, 0.6) is 0 Å². The molecular weight excluding hydrogens is 296 g/mol. The molecule has 1 atom stereocenters. The van der Waals surface area contributed by atoms with Gasteiger partial charge in [-0.25, -0.2) is 4.79 Å². The number of nitrogens with zero attached hydrogens (tertiary/aromatic N) is 1. The van der Waals surface area contributed by atoms with E-state index < -0.39 is 22.8 Å². The van der Waals surface area contributed by atoms with E-state index in [-0.39, 0.29) is 17.7 Å². The topological polar surface area (TPSA) is 110 Å². The van der Waals surface area contributed by atoms with Gasteiger partial charge in [-0.05, 0) is 31.4 Å². The number of carboxylic acid groups (broad SMARTS) is 1. The minimum absolute atomic E-state index is 0.0719. The Morgan fingerprint density at radius 3 is 2.67 bits per heavy atom. The summed E-state index contributed by atoms with van der Waals surface area (Å²) in [5, 5.41) is 22.3. The lowest BCUT2D eigenvalue weighted by Gasteiger charge is -2.14. The fourth-order valence-corrected chi connectivity index (χ4v) is 2.15. The summed E-state index contributed by atoms with van der Waals surface area (Å²) in [4.78, 5) is 33.3. The minimum atomic E-state index is -1.13. The fourth-order valence-electron chi connectivity index (χ4n) is 1.68. The Hall–Kier alpha value is -2.09. The number of aliphatic carboxylic acids is 1. The second-order valence-corrected chi connectivity index (χ2v) is 5.39. The highest BCUT2D eigenvalue weighted by atomic mass is 32.2. The molecule has 7 nitrogen and oxygen atoms in total. The van der Waals surface area contributed by atoms with Crippen molar-refractivity contribution in [1.29, 1.82) is 0 Å². The first-order valence-electron chi connectivity index (χ1n) is 6.14. The minimum Gasteiger partial charge on any atom is -0.480 e. The van der Waals surface area contributed by atoms with Crippen LogP contribution in [0.3, 0.4) is 0 Å². The van der Waals surface area contributed by atoms with Crippen molar-refractivity contribution in [2.45, 2.75) is 19.4 Å². The van der Waals surface area contributed by atoms with Crippen molar-refractivity contribution in [3.63, 3.8) is 0 Å². The summed E-state index contributed by atoms with van der Waals surface area (Å²) in [6.07, 6.45) is 2.13. The zero-order valence-corrected chi connectivity index (χ0v) is 12.5. The van der Waals surface area contributed by atoms with Crippen LogP contribution < -0.4 is 5.32 Å². The molecule has 0 bridgehead atoms. The number of carbonyl (C=O) groups excluding carboxylic acids is 1. The van der Waals surface area contributed by atoms with Crippen molar-refractivity contribution < 1.29 is 19.6 Å². The molecule has 0 saturated carbocycles. The van der Waals surface area contributed by atoms with Crippen LogP contribution >= 0.6 is 11.8 Å². The molecule has 1 amide bonds. The van der Waals surface area contributed by atoms with Gasteiger partial charge in [0.05, 0.1) is 4.92 Å². The number of hydrogen-bond donors (Lipinski definition) is 2. The molecule has 114 valence electrons. The van der Waals surface area contributed by atoms with Gasteiger partial charge in [-0.3, -0.25) is 14.9 Å². The molecule has 0 aliphatic rings. The number of nitro benzene ring substituents is 1. The molecule has 8 heteroatoms. The van der Waals surface area contributed by atoms with E-state index in [2.05, 4.69) is 5.32 Å². The summed E-state index contributed by atoms with van der Waals surface area (Å²) < 4.78 is 0. The first kappa shape index (κ1) is 17.0. The summed E-state index contributed by atoms with van der Waals surface area (Å²) in [5.41, 5.74) is 0.343. The van der Waals surface area contributed by atoms with Crippen LogP contribution in [0.4, 0.5) is 5.69 Å². The Bertz CT molecular complexity index is 561. The van der Waals surface area contributed by atoms with Crippen LogP contribution in [0.2, 0.25) is 0 Å². The third-order valence-electron chi connectivity index (χ3n) is 2.88. The fraction of sp³-hybridized carbons (Fsp3) is 0.385. The van der Waals surface area contributed by atoms with Crippen LogP contribution in [0.15, 0.2) is 18.2 Å². The lowest BCUT2D eigenvalue weighted by atomic mass is 10.1. The molecule has 2 N–H and O–H groups in total. The van der Waals surface area contributed by atoms with E-state index >= 15 is 0 Å². The highest BCUT2D eigenvalue weighted by Gasteiger charge is 2.21. The molecule has 1 aromatic rings. The number of thioether (sulfide) groups is 1. The maximum absolute atomic E-state index is 12.0. The Morgan fingerprint density at radius 1 is 1.48 bits per heavy atom. The number of aryl methyl sites for hydroxylation is 1. The lowest BCUT2D eigenvalue weighted by Crippen LogP contribution is -2.41. The van der Waals surface area contributed by atoms with Gasteiger partial charge in [0.15, 0.2) is 0 Å². The van der Waals surface area contributed by atoms with E-state index in [1.165, 1.54) is 23.9 Å². The van der Waals surface area contributed by atoms with Gasteiger partial charge in [-0.2, -0.15) is 11.8 Å². The number of benzene rings is 1. The molecule has 0 aliphatic heterocycles. The van der Waals surface area contributed by atoms with Crippen molar-refractivity contribution >= 4 is 29.3 Å². The van der Waals surface area contributed by atoms with Crippen molar-refractivity contribution in [2.75, 3.05) is 12.0 Å². The highest BCUT2D eigenvalue weighted by Crippen LogP contribution is 2.19. The molecule has 0 radical (unpaired) electrons. The molecule has 1 aromatic carbocycles. The second kappa shape index (κ2) is 7.63. The smallest absolute Gasteiger partial charge is 0.326 e. The summed E-state index contributed by atoms with van der Waals surface area (Å²) in [7, 11) is 0. The number of amides is 1. The van der Waals surface area contributed by atoms with E-state index in [9.17, 15) is 19.7 Å². The highest BCUT2D eigenvalue weighted by molar-refractivity contribution is 7.98.